The monoisotopic (exact) mass is 132 g/mol. The first-order valence-electron chi connectivity index (χ1n) is 0.988. The van der Waals surface area contributed by atoms with Crippen molar-refractivity contribution >= 4 is 17.4 Å². The molecule has 6 heavy (non-hydrogen) atoms. The average molecular weight is 132 g/mol. The van der Waals surface area contributed by atoms with Crippen molar-refractivity contribution in [2.24, 2.45) is 0 Å². The molecule has 4 nitrogen and oxygen atoms in total. The summed E-state index contributed by atoms with van der Waals surface area (Å²) in [6.07, 6.45) is 0. The molecule has 0 radical (unpaired) electrons. The van der Waals surface area contributed by atoms with Gasteiger partial charge in [0, 0.05) is 0 Å². The largest absolute Gasteiger partial charge is 0.348 e. The van der Waals surface area contributed by atoms with Crippen molar-refractivity contribution < 1.29 is 18.9 Å². The first-order valence-corrected chi connectivity index (χ1v) is 2.96. The van der Waals surface area contributed by atoms with E-state index in [1.54, 1.807) is 0 Å². The summed E-state index contributed by atoms with van der Waals surface area (Å²) >= 11 is 0. The summed E-state index contributed by atoms with van der Waals surface area (Å²) in [5.41, 5.74) is 0. The van der Waals surface area contributed by atoms with Crippen LogP contribution in [0.1, 0.15) is 0 Å². The fourth-order valence-electron chi connectivity index (χ4n) is 0. The molecule has 0 saturated carbocycles. The Morgan fingerprint density at radius 1 is 1.00 bits per heavy atom. The van der Waals surface area contributed by atoms with Gasteiger partial charge in [0.05, 0.1) is 0 Å². The van der Waals surface area contributed by atoms with Gasteiger partial charge in [0.25, 0.3) is 0 Å². The van der Waals surface area contributed by atoms with Gasteiger partial charge in [-0.25, -0.2) is 0 Å². The Kier molecular flexibility index (Phi) is 29.2. The quantitative estimate of drug-likeness (QED) is 0.427. The highest BCUT2D eigenvalue weighted by atomic mass is 31.1. The lowest BCUT2D eigenvalue weighted by atomic mass is 15.9. The highest BCUT2D eigenvalue weighted by molar-refractivity contribution is 7.16. The van der Waals surface area contributed by atoms with Crippen molar-refractivity contribution in [2.75, 3.05) is 0 Å². The van der Waals surface area contributed by atoms with Crippen LogP contribution in [0, 0.1) is 0 Å². The van der Waals surface area contributed by atoms with E-state index >= 15 is 0 Å². The predicted octanol–water partition coefficient (Wildman–Crippen LogP) is -0.700. The smallest absolute Gasteiger partial charge is 0.177 e. The first-order chi connectivity index (χ1) is 2.83. The molecule has 0 aliphatic rings. The minimum absolute atomic E-state index is 1.50. The standard InChI is InChI=1S/2H3O2P/c2*1-3-2/h2*3H2,(H,1,2). The third kappa shape index (κ3) is 347. The van der Waals surface area contributed by atoms with Gasteiger partial charge in [-0.3, -0.25) is 9.13 Å². The molecule has 0 amide bonds. The molecule has 0 aliphatic carbocycles. The van der Waals surface area contributed by atoms with Gasteiger partial charge in [0.2, 0.25) is 0 Å². The normalized spacial score (nSPS) is 9.67. The Hall–Kier alpha value is 0.380. The van der Waals surface area contributed by atoms with E-state index in [4.69, 9.17) is 18.9 Å². The molecule has 2 atom stereocenters. The molecule has 0 spiro atoms. The van der Waals surface area contributed by atoms with Crippen molar-refractivity contribution in [2.45, 2.75) is 0 Å². The summed E-state index contributed by atoms with van der Waals surface area (Å²) in [5, 5.41) is 0. The van der Waals surface area contributed by atoms with Gasteiger partial charge in [-0.15, -0.1) is 0 Å². The van der Waals surface area contributed by atoms with Crippen LogP contribution in [0.3, 0.4) is 0 Å². The van der Waals surface area contributed by atoms with E-state index in [-0.39, 0.29) is 0 Å². The van der Waals surface area contributed by atoms with E-state index in [1.807, 2.05) is 0 Å². The zero-order valence-electron chi connectivity index (χ0n) is 2.87. The third-order valence-corrected chi connectivity index (χ3v) is 0. The van der Waals surface area contributed by atoms with E-state index in [9.17, 15) is 0 Å². The van der Waals surface area contributed by atoms with Crippen molar-refractivity contribution in [3.8, 4) is 0 Å². The number of rotatable bonds is 0. The van der Waals surface area contributed by atoms with Crippen molar-refractivity contribution in [1.82, 2.24) is 0 Å². The maximum atomic E-state index is 8.57. The minimum Gasteiger partial charge on any atom is -0.348 e. The van der Waals surface area contributed by atoms with Crippen LogP contribution in [0.2, 0.25) is 0 Å². The van der Waals surface area contributed by atoms with E-state index < -0.39 is 17.4 Å². The van der Waals surface area contributed by atoms with E-state index in [0.717, 1.165) is 0 Å². The summed E-state index contributed by atoms with van der Waals surface area (Å²) in [6.45, 7) is 0. The molecule has 0 aromatic heterocycles. The fourth-order valence-corrected chi connectivity index (χ4v) is 0. The summed E-state index contributed by atoms with van der Waals surface area (Å²) in [4.78, 5) is 14.2. The Labute approximate surface area is 37.4 Å². The summed E-state index contributed by atoms with van der Waals surface area (Å²) < 4.78 is 17.1. The van der Waals surface area contributed by atoms with Crippen molar-refractivity contribution in [1.29, 1.82) is 0 Å². The van der Waals surface area contributed by atoms with Gasteiger partial charge in [-0.2, -0.15) is 0 Å². The topological polar surface area (TPSA) is 74.6 Å². The summed E-state index contributed by atoms with van der Waals surface area (Å²) in [7, 11) is -3.00. The second kappa shape index (κ2) is 18.2. The second-order valence-corrected chi connectivity index (χ2v) is 0.632. The van der Waals surface area contributed by atoms with Gasteiger partial charge in [-0.1, -0.05) is 0 Å². The lowest BCUT2D eigenvalue weighted by Gasteiger charge is -1.33. The van der Waals surface area contributed by atoms with Gasteiger partial charge >= 0.3 is 0 Å². The lowest BCUT2D eigenvalue weighted by Crippen LogP contribution is -1.03. The molecular formula is H6O4P2. The number of hydrogen-bond acceptors (Lipinski definition) is 2. The molecule has 0 fully saturated rings. The van der Waals surface area contributed by atoms with Crippen LogP contribution in [0.25, 0.3) is 0 Å². The van der Waals surface area contributed by atoms with Crippen LogP contribution < -0.4 is 0 Å². The molecule has 0 heterocycles. The van der Waals surface area contributed by atoms with Gasteiger partial charge < -0.3 is 9.79 Å². The molecule has 0 aromatic rings. The maximum Gasteiger partial charge on any atom is 0.177 e. The van der Waals surface area contributed by atoms with Crippen LogP contribution >= 0.6 is 17.4 Å². The Bertz CT molecular complexity index is 26.5. The maximum absolute atomic E-state index is 8.57. The predicted molar refractivity (Wildman–Crippen MR) is 25.2 cm³/mol. The van der Waals surface area contributed by atoms with Gasteiger partial charge in [0.15, 0.2) is 17.4 Å². The molecule has 0 bridgehead atoms. The Morgan fingerprint density at radius 2 is 1.00 bits per heavy atom. The molecule has 2 N–H and O–H groups in total. The zero-order chi connectivity index (χ0) is 5.41. The second-order valence-electron chi connectivity index (χ2n) is 0.211. The van der Waals surface area contributed by atoms with Crippen LogP contribution in [0.15, 0.2) is 0 Å². The minimum atomic E-state index is -1.50. The fraction of sp³-hybridized carbons (Fsp3) is 0. The van der Waals surface area contributed by atoms with Crippen LogP contribution in [0.5, 0.6) is 0 Å². The zero-order valence-corrected chi connectivity index (χ0v) is 5.18. The van der Waals surface area contributed by atoms with E-state index in [2.05, 4.69) is 0 Å². The summed E-state index contributed by atoms with van der Waals surface area (Å²) in [5.74, 6) is 0. The molecule has 6 heteroatoms. The third-order valence-electron chi connectivity index (χ3n) is 0. The highest BCUT2D eigenvalue weighted by Crippen LogP contribution is 1.66. The molecular weight excluding hydrogens is 126 g/mol. The molecule has 2 unspecified atom stereocenters. The Balaban J connectivity index is 0. The first kappa shape index (κ1) is 9.63. The molecule has 0 rings (SSSR count). The van der Waals surface area contributed by atoms with Crippen molar-refractivity contribution in [3.63, 3.8) is 0 Å². The molecule has 0 saturated heterocycles. The Morgan fingerprint density at radius 3 is 1.00 bits per heavy atom. The van der Waals surface area contributed by atoms with Gasteiger partial charge in [-0.05, 0) is 0 Å². The van der Waals surface area contributed by atoms with E-state index in [0.29, 0.717) is 0 Å². The number of hydrogen-bond donors (Lipinski definition) is 2. The van der Waals surface area contributed by atoms with Crippen molar-refractivity contribution in [3.05, 3.63) is 0 Å². The van der Waals surface area contributed by atoms with Gasteiger partial charge in [0.1, 0.15) is 0 Å². The summed E-state index contributed by atoms with van der Waals surface area (Å²) in [6, 6.07) is 0. The van der Waals surface area contributed by atoms with E-state index in [1.165, 1.54) is 0 Å². The molecule has 0 aromatic carbocycles. The molecule has 0 aliphatic heterocycles. The molecule has 40 valence electrons. The van der Waals surface area contributed by atoms with Crippen LogP contribution in [-0.2, 0) is 9.13 Å². The lowest BCUT2D eigenvalue weighted by molar-refractivity contribution is 0.523. The van der Waals surface area contributed by atoms with Crippen LogP contribution in [0.4, 0.5) is 0 Å². The highest BCUT2D eigenvalue weighted by Gasteiger charge is 1.18. The average Bonchev–Trinajstić information content (AvgIpc) is 1.39. The van der Waals surface area contributed by atoms with Crippen LogP contribution in [-0.4, -0.2) is 9.79 Å². The SMILES string of the molecule is O=[PH2]O.O=[PH2]O.